The fourth-order valence-electron chi connectivity index (χ4n) is 4.87. The first-order chi connectivity index (χ1) is 22.1. The van der Waals surface area contributed by atoms with Gasteiger partial charge in [0, 0.05) is 31.2 Å². The number of benzene rings is 2. The van der Waals surface area contributed by atoms with Crippen LogP contribution in [-0.2, 0) is 26.0 Å². The minimum absolute atomic E-state index is 0.0364. The second-order valence-electron chi connectivity index (χ2n) is 12.9. The van der Waals surface area contributed by atoms with Crippen molar-refractivity contribution in [1.82, 2.24) is 25.2 Å². The maximum atomic E-state index is 13.8. The zero-order valence-corrected chi connectivity index (χ0v) is 28.3. The van der Waals surface area contributed by atoms with Crippen LogP contribution in [0.4, 0.5) is 5.69 Å². The largest absolute Gasteiger partial charge is 0.399 e. The highest BCUT2D eigenvalue weighted by Gasteiger charge is 2.36. The van der Waals surface area contributed by atoms with Gasteiger partial charge in [0.25, 0.3) is 5.91 Å². The molecule has 3 atom stereocenters. The molecule has 0 bridgehead atoms. The van der Waals surface area contributed by atoms with Gasteiger partial charge in [0.15, 0.2) is 0 Å². The highest BCUT2D eigenvalue weighted by atomic mass is 32.2. The average molecular weight is 667 g/mol. The Kier molecular flexibility index (Phi) is 13.0. The molecular formula is C34H46N6O6S. The average Bonchev–Trinajstić information content (AvgIpc) is 3.02. The zero-order chi connectivity index (χ0) is 34.8. The number of pyridine rings is 1. The van der Waals surface area contributed by atoms with E-state index in [-0.39, 0.29) is 42.4 Å². The van der Waals surface area contributed by atoms with Gasteiger partial charge in [0.1, 0.15) is 6.04 Å². The number of carbonyl (C=O) groups is 3. The highest BCUT2D eigenvalue weighted by Crippen LogP contribution is 2.22. The lowest BCUT2D eigenvalue weighted by molar-refractivity contribution is -0.132. The van der Waals surface area contributed by atoms with E-state index in [1.807, 2.05) is 44.2 Å². The molecule has 254 valence electrons. The predicted octanol–water partition coefficient (Wildman–Crippen LogP) is 2.36. The summed E-state index contributed by atoms with van der Waals surface area (Å²) in [5.74, 6) is -1.71. The van der Waals surface area contributed by atoms with Gasteiger partial charge < -0.3 is 26.8 Å². The molecule has 12 nitrogen and oxygen atoms in total. The number of aliphatic hydroxyl groups excluding tert-OH is 1. The Morgan fingerprint density at radius 1 is 0.936 bits per heavy atom. The first kappa shape index (κ1) is 37.1. The molecule has 47 heavy (non-hydrogen) atoms. The smallest absolute Gasteiger partial charge is 0.253 e. The Morgan fingerprint density at radius 3 is 2.17 bits per heavy atom. The van der Waals surface area contributed by atoms with E-state index in [0.717, 1.165) is 5.56 Å². The predicted molar refractivity (Wildman–Crippen MR) is 180 cm³/mol. The standard InChI is InChI=1S/C34H46N6O6S/c1-23(2)21-40(47(45,46)27-15-13-26(35)14-16-27)22-29(41)28(18-24-10-7-6-8-11-24)38-33(44)31(34(3,4)5)39-30(42)20-37-32(43)25-12-9-17-36-19-25/h6-17,19,23,28-29,31,41H,18,20-22,35H2,1-5H3,(H,37,43)(H,38,44)(H,39,42). The van der Waals surface area contributed by atoms with Gasteiger partial charge >= 0.3 is 0 Å². The molecule has 3 aromatic rings. The van der Waals surface area contributed by atoms with Crippen molar-refractivity contribution < 1.29 is 27.9 Å². The van der Waals surface area contributed by atoms with Crippen LogP contribution in [0.1, 0.15) is 50.5 Å². The van der Waals surface area contributed by atoms with Crippen molar-refractivity contribution in [1.29, 1.82) is 0 Å². The molecule has 1 aromatic heterocycles. The highest BCUT2D eigenvalue weighted by molar-refractivity contribution is 7.89. The Labute approximate surface area is 277 Å². The third-order valence-electron chi connectivity index (χ3n) is 7.33. The van der Waals surface area contributed by atoms with Gasteiger partial charge in [-0.3, -0.25) is 19.4 Å². The topological polar surface area (TPSA) is 184 Å². The number of hydrogen-bond acceptors (Lipinski definition) is 8. The van der Waals surface area contributed by atoms with Crippen LogP contribution in [0.3, 0.4) is 0 Å². The second kappa shape index (κ2) is 16.5. The number of aromatic nitrogens is 1. The summed E-state index contributed by atoms with van der Waals surface area (Å²) in [5.41, 5.74) is 6.52. The Bertz CT molecular complexity index is 1580. The molecule has 0 aliphatic rings. The minimum Gasteiger partial charge on any atom is -0.399 e. The van der Waals surface area contributed by atoms with Crippen molar-refractivity contribution in [3.63, 3.8) is 0 Å². The lowest BCUT2D eigenvalue weighted by atomic mass is 9.85. The molecule has 0 radical (unpaired) electrons. The summed E-state index contributed by atoms with van der Waals surface area (Å²) in [6.07, 6.45) is 1.77. The molecular weight excluding hydrogens is 620 g/mol. The van der Waals surface area contributed by atoms with Gasteiger partial charge in [-0.2, -0.15) is 4.31 Å². The number of sulfonamides is 1. The van der Waals surface area contributed by atoms with Crippen molar-refractivity contribution in [2.24, 2.45) is 11.3 Å². The van der Waals surface area contributed by atoms with Crippen LogP contribution >= 0.6 is 0 Å². The monoisotopic (exact) mass is 666 g/mol. The van der Waals surface area contributed by atoms with Gasteiger partial charge in [-0.05, 0) is 59.7 Å². The molecule has 0 fully saturated rings. The summed E-state index contributed by atoms with van der Waals surface area (Å²) in [4.78, 5) is 43.1. The number of anilines is 1. The van der Waals surface area contributed by atoms with Crippen molar-refractivity contribution >= 4 is 33.4 Å². The van der Waals surface area contributed by atoms with Crippen molar-refractivity contribution in [2.75, 3.05) is 25.4 Å². The minimum atomic E-state index is -4.02. The summed E-state index contributed by atoms with van der Waals surface area (Å²) in [6.45, 7) is 8.52. The van der Waals surface area contributed by atoms with Crippen LogP contribution in [-0.4, -0.2) is 78.4 Å². The van der Waals surface area contributed by atoms with Crippen LogP contribution < -0.4 is 21.7 Å². The van der Waals surface area contributed by atoms with Crippen molar-refractivity contribution in [2.45, 2.75) is 64.1 Å². The van der Waals surface area contributed by atoms with Gasteiger partial charge in [-0.25, -0.2) is 8.42 Å². The summed E-state index contributed by atoms with van der Waals surface area (Å²) in [6, 6.07) is 16.2. The van der Waals surface area contributed by atoms with Crippen molar-refractivity contribution in [3.05, 3.63) is 90.3 Å². The molecule has 13 heteroatoms. The molecule has 0 aliphatic heterocycles. The third-order valence-corrected chi connectivity index (χ3v) is 9.18. The number of hydrogen-bond donors (Lipinski definition) is 5. The van der Waals surface area contributed by atoms with E-state index in [0.29, 0.717) is 5.69 Å². The number of amides is 3. The van der Waals surface area contributed by atoms with Gasteiger partial charge in [0.05, 0.1) is 29.1 Å². The quantitative estimate of drug-likeness (QED) is 0.153. The number of nitrogen functional groups attached to an aromatic ring is 1. The van der Waals surface area contributed by atoms with Crippen LogP contribution in [0.2, 0.25) is 0 Å². The number of nitrogens with two attached hydrogens (primary N) is 1. The Balaban J connectivity index is 1.82. The van der Waals surface area contributed by atoms with Crippen LogP contribution in [0.15, 0.2) is 84.0 Å². The van der Waals surface area contributed by atoms with Gasteiger partial charge in [0.2, 0.25) is 21.8 Å². The van der Waals surface area contributed by atoms with E-state index in [4.69, 9.17) is 5.73 Å². The van der Waals surface area contributed by atoms with Crippen LogP contribution in [0, 0.1) is 11.3 Å². The summed E-state index contributed by atoms with van der Waals surface area (Å²) < 4.78 is 28.6. The fraction of sp³-hybridized carbons (Fsp3) is 0.412. The Hall–Kier alpha value is -4.33. The normalized spacial score (nSPS) is 13.9. The van der Waals surface area contributed by atoms with Gasteiger partial charge in [-0.1, -0.05) is 65.0 Å². The second-order valence-corrected chi connectivity index (χ2v) is 14.9. The number of carbonyl (C=O) groups excluding carboxylic acids is 3. The lowest BCUT2D eigenvalue weighted by Crippen LogP contribution is -2.59. The van der Waals surface area contributed by atoms with Crippen LogP contribution in [0.25, 0.3) is 0 Å². The third kappa shape index (κ3) is 11.2. The molecule has 3 amide bonds. The summed E-state index contributed by atoms with van der Waals surface area (Å²) in [5, 5.41) is 19.7. The first-order valence-electron chi connectivity index (χ1n) is 15.4. The molecule has 2 aromatic carbocycles. The lowest BCUT2D eigenvalue weighted by Gasteiger charge is -2.34. The number of nitrogens with zero attached hydrogens (tertiary/aromatic N) is 2. The molecule has 0 saturated heterocycles. The molecule has 0 spiro atoms. The number of rotatable bonds is 15. The van der Waals surface area contributed by atoms with E-state index in [2.05, 4.69) is 20.9 Å². The molecule has 6 N–H and O–H groups in total. The van der Waals surface area contributed by atoms with E-state index in [1.54, 1.807) is 32.9 Å². The van der Waals surface area contributed by atoms with E-state index < -0.39 is 51.3 Å². The molecule has 3 unspecified atom stereocenters. The number of nitrogens with one attached hydrogen (secondary N) is 3. The van der Waals surface area contributed by atoms with E-state index >= 15 is 0 Å². The molecule has 3 rings (SSSR count). The molecule has 0 saturated carbocycles. The van der Waals surface area contributed by atoms with E-state index in [1.165, 1.54) is 41.0 Å². The van der Waals surface area contributed by atoms with Gasteiger partial charge in [-0.15, -0.1) is 0 Å². The maximum Gasteiger partial charge on any atom is 0.253 e. The summed E-state index contributed by atoms with van der Waals surface area (Å²) >= 11 is 0. The maximum absolute atomic E-state index is 13.8. The van der Waals surface area contributed by atoms with E-state index in [9.17, 15) is 27.9 Å². The fourth-order valence-corrected chi connectivity index (χ4v) is 6.49. The van der Waals surface area contributed by atoms with Crippen LogP contribution in [0.5, 0.6) is 0 Å². The Morgan fingerprint density at radius 2 is 1.60 bits per heavy atom. The molecule has 1 heterocycles. The van der Waals surface area contributed by atoms with Crippen molar-refractivity contribution in [3.8, 4) is 0 Å². The summed E-state index contributed by atoms with van der Waals surface area (Å²) in [7, 11) is -4.02. The first-order valence-corrected chi connectivity index (χ1v) is 16.9. The SMILES string of the molecule is CC(C)CN(CC(O)C(Cc1ccccc1)NC(=O)C(NC(=O)CNC(=O)c1cccnc1)C(C)(C)C)S(=O)(=O)c1ccc(N)cc1. The number of aliphatic hydroxyl groups is 1. The molecule has 0 aliphatic carbocycles. The zero-order valence-electron chi connectivity index (χ0n) is 27.5.